The lowest BCUT2D eigenvalue weighted by molar-refractivity contribution is 0.0848. The van der Waals surface area contributed by atoms with Crippen molar-refractivity contribution in [3.63, 3.8) is 0 Å². The fourth-order valence-electron chi connectivity index (χ4n) is 3.06. The van der Waals surface area contributed by atoms with Gasteiger partial charge in [0.2, 0.25) is 0 Å². The van der Waals surface area contributed by atoms with E-state index in [0.717, 1.165) is 19.4 Å². The van der Waals surface area contributed by atoms with Crippen LogP contribution in [0.1, 0.15) is 42.6 Å². The summed E-state index contributed by atoms with van der Waals surface area (Å²) in [6, 6.07) is 2.05. The average Bonchev–Trinajstić information content (AvgIpc) is 2.74. The summed E-state index contributed by atoms with van der Waals surface area (Å²) in [7, 11) is 1.82. The largest absolute Gasteiger partial charge is 0.348 e. The van der Waals surface area contributed by atoms with E-state index in [1.807, 2.05) is 7.05 Å². The molecule has 98 valence electrons. The molecule has 1 saturated carbocycles. The zero-order valence-electron chi connectivity index (χ0n) is 10.8. The van der Waals surface area contributed by atoms with Crippen LogP contribution >= 0.6 is 0 Å². The first-order chi connectivity index (χ1) is 8.67. The summed E-state index contributed by atoms with van der Waals surface area (Å²) in [4.78, 5) is 12.0. The molecule has 5 heteroatoms. The minimum Gasteiger partial charge on any atom is -0.348 e. The Balaban J connectivity index is 1.60. The number of amides is 1. The molecule has 1 aromatic heterocycles. The van der Waals surface area contributed by atoms with E-state index in [-0.39, 0.29) is 5.91 Å². The highest BCUT2D eigenvalue weighted by Crippen LogP contribution is 2.38. The van der Waals surface area contributed by atoms with Crippen LogP contribution in [0.25, 0.3) is 0 Å². The summed E-state index contributed by atoms with van der Waals surface area (Å²) in [5.41, 5.74) is 0.832. The lowest BCUT2D eigenvalue weighted by Gasteiger charge is -2.48. The third kappa shape index (κ3) is 2.14. The lowest BCUT2D eigenvalue weighted by atomic mass is 9.70. The Kier molecular flexibility index (Phi) is 2.86. The molecule has 0 bridgehead atoms. The second kappa shape index (κ2) is 4.39. The Bertz CT molecular complexity index is 450. The monoisotopic (exact) mass is 248 g/mol. The van der Waals surface area contributed by atoms with Crippen molar-refractivity contribution in [1.29, 1.82) is 0 Å². The standard InChI is InChI=1S/C13H20N4O/c1-17-8-4-11(16-17)12(18)15-10-3-7-14-13(9-10)5-2-6-13/h4,8,10,14H,2-3,5-7,9H2,1H3,(H,15,18). The third-order valence-corrected chi connectivity index (χ3v) is 4.22. The Morgan fingerprint density at radius 2 is 2.44 bits per heavy atom. The molecule has 1 atom stereocenters. The Labute approximate surface area is 107 Å². The molecule has 1 aliphatic heterocycles. The molecule has 1 saturated heterocycles. The first-order valence-electron chi connectivity index (χ1n) is 6.72. The molecule has 3 rings (SSSR count). The van der Waals surface area contributed by atoms with E-state index < -0.39 is 0 Å². The Hall–Kier alpha value is -1.36. The SMILES string of the molecule is Cn1ccc(C(=O)NC2CCNC3(CCC3)C2)n1. The number of piperidine rings is 1. The maximum absolute atomic E-state index is 12.0. The molecular weight excluding hydrogens is 228 g/mol. The maximum atomic E-state index is 12.0. The van der Waals surface area contributed by atoms with Gasteiger partial charge in [-0.3, -0.25) is 9.48 Å². The summed E-state index contributed by atoms with van der Waals surface area (Å²) >= 11 is 0. The number of aromatic nitrogens is 2. The van der Waals surface area contributed by atoms with Crippen molar-refractivity contribution in [2.24, 2.45) is 7.05 Å². The van der Waals surface area contributed by atoms with Crippen molar-refractivity contribution in [3.8, 4) is 0 Å². The van der Waals surface area contributed by atoms with Crippen LogP contribution in [-0.4, -0.2) is 33.8 Å². The van der Waals surface area contributed by atoms with Gasteiger partial charge in [0.15, 0.2) is 0 Å². The zero-order valence-corrected chi connectivity index (χ0v) is 10.8. The lowest BCUT2D eigenvalue weighted by Crippen LogP contribution is -2.59. The molecule has 5 nitrogen and oxygen atoms in total. The summed E-state index contributed by atoms with van der Waals surface area (Å²) in [6.07, 6.45) is 7.69. The molecule has 1 amide bonds. The predicted molar refractivity (Wildman–Crippen MR) is 68.3 cm³/mol. The Morgan fingerprint density at radius 3 is 3.06 bits per heavy atom. The minimum atomic E-state index is -0.0445. The summed E-state index contributed by atoms with van der Waals surface area (Å²) in [5, 5.41) is 10.9. The van der Waals surface area contributed by atoms with Crippen molar-refractivity contribution in [2.75, 3.05) is 6.54 Å². The van der Waals surface area contributed by atoms with E-state index in [4.69, 9.17) is 0 Å². The zero-order chi connectivity index (χ0) is 12.6. The first-order valence-corrected chi connectivity index (χ1v) is 6.72. The number of rotatable bonds is 2. The normalized spacial score (nSPS) is 25.7. The molecule has 0 radical (unpaired) electrons. The second-order valence-electron chi connectivity index (χ2n) is 5.60. The number of carbonyl (C=O) groups is 1. The molecule has 18 heavy (non-hydrogen) atoms. The van der Waals surface area contributed by atoms with Crippen LogP contribution in [0, 0.1) is 0 Å². The van der Waals surface area contributed by atoms with Crippen LogP contribution in [0.4, 0.5) is 0 Å². The quantitative estimate of drug-likeness (QED) is 0.815. The number of nitrogens with zero attached hydrogens (tertiary/aromatic N) is 2. The summed E-state index contributed by atoms with van der Waals surface area (Å²) in [6.45, 7) is 1.01. The van der Waals surface area contributed by atoms with Crippen molar-refractivity contribution in [2.45, 2.75) is 43.7 Å². The number of hydrogen-bond donors (Lipinski definition) is 2. The van der Waals surface area contributed by atoms with Gasteiger partial charge in [-0.1, -0.05) is 0 Å². The van der Waals surface area contributed by atoms with Crippen LogP contribution in [0.15, 0.2) is 12.3 Å². The van der Waals surface area contributed by atoms with Crippen LogP contribution in [0.2, 0.25) is 0 Å². The molecule has 1 spiro atoms. The topological polar surface area (TPSA) is 59.0 Å². The molecule has 1 aliphatic carbocycles. The first kappa shape index (κ1) is 11.7. The molecular formula is C13H20N4O. The van der Waals surface area contributed by atoms with Gasteiger partial charge in [-0.2, -0.15) is 5.10 Å². The van der Waals surface area contributed by atoms with E-state index in [1.165, 1.54) is 19.3 Å². The number of carbonyl (C=O) groups excluding carboxylic acids is 1. The highest BCUT2D eigenvalue weighted by atomic mass is 16.2. The van der Waals surface area contributed by atoms with Crippen molar-refractivity contribution < 1.29 is 4.79 Å². The van der Waals surface area contributed by atoms with Crippen molar-refractivity contribution >= 4 is 5.91 Å². The average molecular weight is 248 g/mol. The van der Waals surface area contributed by atoms with Gasteiger partial charge in [-0.25, -0.2) is 0 Å². The van der Waals surface area contributed by atoms with Crippen molar-refractivity contribution in [1.82, 2.24) is 20.4 Å². The fraction of sp³-hybridized carbons (Fsp3) is 0.692. The predicted octanol–water partition coefficient (Wildman–Crippen LogP) is 0.825. The highest BCUT2D eigenvalue weighted by Gasteiger charge is 2.41. The van der Waals surface area contributed by atoms with Crippen LogP contribution in [0.3, 0.4) is 0 Å². The molecule has 2 N–H and O–H groups in total. The van der Waals surface area contributed by atoms with E-state index >= 15 is 0 Å². The maximum Gasteiger partial charge on any atom is 0.271 e. The van der Waals surface area contributed by atoms with Gasteiger partial charge in [-0.05, 0) is 44.7 Å². The third-order valence-electron chi connectivity index (χ3n) is 4.22. The summed E-state index contributed by atoms with van der Waals surface area (Å²) in [5.74, 6) is -0.0445. The van der Waals surface area contributed by atoms with Gasteiger partial charge in [0, 0.05) is 24.8 Å². The molecule has 0 aromatic carbocycles. The van der Waals surface area contributed by atoms with E-state index in [2.05, 4.69) is 15.7 Å². The minimum absolute atomic E-state index is 0.0445. The van der Waals surface area contributed by atoms with E-state index in [1.54, 1.807) is 16.9 Å². The molecule has 2 heterocycles. The van der Waals surface area contributed by atoms with Crippen LogP contribution < -0.4 is 10.6 Å². The van der Waals surface area contributed by atoms with Gasteiger partial charge in [0.25, 0.3) is 5.91 Å². The number of nitrogens with one attached hydrogen (secondary N) is 2. The van der Waals surface area contributed by atoms with E-state index in [0.29, 0.717) is 17.3 Å². The number of aryl methyl sites for hydroxylation is 1. The van der Waals surface area contributed by atoms with Gasteiger partial charge in [-0.15, -0.1) is 0 Å². The molecule has 1 unspecified atom stereocenters. The molecule has 2 fully saturated rings. The summed E-state index contributed by atoms with van der Waals surface area (Å²) < 4.78 is 1.66. The Morgan fingerprint density at radius 1 is 1.61 bits per heavy atom. The van der Waals surface area contributed by atoms with E-state index in [9.17, 15) is 4.79 Å². The molecule has 1 aromatic rings. The van der Waals surface area contributed by atoms with Crippen LogP contribution in [-0.2, 0) is 7.05 Å². The van der Waals surface area contributed by atoms with Crippen molar-refractivity contribution in [3.05, 3.63) is 18.0 Å². The van der Waals surface area contributed by atoms with Gasteiger partial charge in [0.05, 0.1) is 0 Å². The number of hydrogen-bond acceptors (Lipinski definition) is 3. The molecule has 2 aliphatic rings. The van der Waals surface area contributed by atoms with Gasteiger partial charge < -0.3 is 10.6 Å². The van der Waals surface area contributed by atoms with Crippen LogP contribution in [0.5, 0.6) is 0 Å². The highest BCUT2D eigenvalue weighted by molar-refractivity contribution is 5.92. The second-order valence-corrected chi connectivity index (χ2v) is 5.60. The fourth-order valence-corrected chi connectivity index (χ4v) is 3.06. The smallest absolute Gasteiger partial charge is 0.271 e. The van der Waals surface area contributed by atoms with Gasteiger partial charge in [0.1, 0.15) is 5.69 Å². The van der Waals surface area contributed by atoms with Gasteiger partial charge >= 0.3 is 0 Å².